The molecule has 2 aromatic heterocycles. The maximum Gasteiger partial charge on any atom is 0.237 e. The number of aryl methyl sites for hydroxylation is 1. The molecule has 100 valence electrons. The van der Waals surface area contributed by atoms with Crippen LogP contribution >= 0.6 is 0 Å². The van der Waals surface area contributed by atoms with E-state index < -0.39 is 0 Å². The Hall–Kier alpha value is -1.98. The lowest BCUT2D eigenvalue weighted by molar-refractivity contribution is -0.120. The first-order valence-corrected chi connectivity index (χ1v) is 6.58. The normalized spacial score (nSPS) is 20.5. The van der Waals surface area contributed by atoms with Crippen LogP contribution in [-0.2, 0) is 11.8 Å². The van der Waals surface area contributed by atoms with Crippen molar-refractivity contribution < 1.29 is 9.32 Å². The highest BCUT2D eigenvalue weighted by Crippen LogP contribution is 2.29. The Bertz CT molecular complexity index is 587. The Labute approximate surface area is 110 Å². The van der Waals surface area contributed by atoms with Crippen LogP contribution in [0.1, 0.15) is 43.9 Å². The highest BCUT2D eigenvalue weighted by Gasteiger charge is 2.28. The van der Waals surface area contributed by atoms with Crippen molar-refractivity contribution in [3.63, 3.8) is 0 Å². The molecule has 2 aromatic rings. The summed E-state index contributed by atoms with van der Waals surface area (Å²) in [5.41, 5.74) is 0.788. The van der Waals surface area contributed by atoms with E-state index in [1.165, 1.54) is 0 Å². The summed E-state index contributed by atoms with van der Waals surface area (Å²) in [7, 11) is 1.87. The van der Waals surface area contributed by atoms with Gasteiger partial charge in [-0.05, 0) is 12.8 Å². The maximum absolute atomic E-state index is 12.0. The van der Waals surface area contributed by atoms with Gasteiger partial charge in [0.1, 0.15) is 11.5 Å². The molecule has 0 aromatic carbocycles. The Morgan fingerprint density at radius 3 is 3.05 bits per heavy atom. The number of hydrogen-bond acceptors (Lipinski definition) is 5. The molecule has 6 nitrogen and oxygen atoms in total. The van der Waals surface area contributed by atoms with E-state index in [9.17, 15) is 4.79 Å². The Kier molecular flexibility index (Phi) is 3.15. The van der Waals surface area contributed by atoms with Crippen LogP contribution in [0.3, 0.4) is 0 Å². The fourth-order valence-corrected chi connectivity index (χ4v) is 2.47. The first-order valence-electron chi connectivity index (χ1n) is 6.58. The standard InChI is InChI=1S/C13H16N4O2/c1-17-8-14-7-10(17)12-15-13(19-16-12)9-5-3-2-4-6-11(9)18/h7-9H,2-6H2,1H3. The maximum atomic E-state index is 12.0. The van der Waals surface area contributed by atoms with Crippen molar-refractivity contribution in [1.82, 2.24) is 19.7 Å². The molecular weight excluding hydrogens is 244 g/mol. The van der Waals surface area contributed by atoms with Gasteiger partial charge in [0.05, 0.1) is 18.4 Å². The third-order valence-electron chi connectivity index (χ3n) is 3.59. The lowest BCUT2D eigenvalue weighted by Gasteiger charge is -2.06. The smallest absolute Gasteiger partial charge is 0.237 e. The molecule has 1 unspecified atom stereocenters. The number of nitrogens with zero attached hydrogens (tertiary/aromatic N) is 4. The van der Waals surface area contributed by atoms with Crippen molar-refractivity contribution in [1.29, 1.82) is 0 Å². The molecule has 1 aliphatic rings. The minimum Gasteiger partial charge on any atom is -0.338 e. The molecule has 1 atom stereocenters. The summed E-state index contributed by atoms with van der Waals surface area (Å²) in [4.78, 5) is 20.4. The molecule has 0 amide bonds. The van der Waals surface area contributed by atoms with Gasteiger partial charge in [-0.15, -0.1) is 0 Å². The van der Waals surface area contributed by atoms with Gasteiger partial charge in [0.2, 0.25) is 11.7 Å². The van der Waals surface area contributed by atoms with Gasteiger partial charge in [0.25, 0.3) is 0 Å². The zero-order valence-corrected chi connectivity index (χ0v) is 10.9. The molecule has 0 N–H and O–H groups in total. The van der Waals surface area contributed by atoms with E-state index in [0.29, 0.717) is 18.1 Å². The molecule has 0 saturated heterocycles. The highest BCUT2D eigenvalue weighted by molar-refractivity contribution is 5.84. The molecule has 1 aliphatic carbocycles. The van der Waals surface area contributed by atoms with Gasteiger partial charge in [0, 0.05) is 13.5 Å². The lowest BCUT2D eigenvalue weighted by atomic mass is 9.99. The fraction of sp³-hybridized carbons (Fsp3) is 0.538. The molecule has 0 bridgehead atoms. The fourth-order valence-electron chi connectivity index (χ4n) is 2.47. The van der Waals surface area contributed by atoms with Crippen LogP contribution in [-0.4, -0.2) is 25.5 Å². The molecular formula is C13H16N4O2. The van der Waals surface area contributed by atoms with Crippen molar-refractivity contribution in [2.75, 3.05) is 0 Å². The first kappa shape index (κ1) is 12.1. The first-order chi connectivity index (χ1) is 9.25. The van der Waals surface area contributed by atoms with Crippen molar-refractivity contribution in [3.8, 4) is 11.5 Å². The SMILES string of the molecule is Cn1cncc1-c1noc(C2CCCCCC2=O)n1. The van der Waals surface area contributed by atoms with Gasteiger partial charge in [-0.2, -0.15) is 4.98 Å². The number of aromatic nitrogens is 4. The van der Waals surface area contributed by atoms with Crippen LogP contribution in [0.2, 0.25) is 0 Å². The third kappa shape index (κ3) is 2.30. The van der Waals surface area contributed by atoms with Crippen molar-refractivity contribution >= 4 is 5.78 Å². The summed E-state index contributed by atoms with van der Waals surface area (Å²) >= 11 is 0. The zero-order chi connectivity index (χ0) is 13.2. The van der Waals surface area contributed by atoms with Crippen molar-refractivity contribution in [2.45, 2.75) is 38.0 Å². The van der Waals surface area contributed by atoms with E-state index >= 15 is 0 Å². The molecule has 1 fully saturated rings. The largest absolute Gasteiger partial charge is 0.338 e. The van der Waals surface area contributed by atoms with Gasteiger partial charge in [0.15, 0.2) is 0 Å². The number of rotatable bonds is 2. The molecule has 2 heterocycles. The number of Topliss-reactive ketones (excluding diaryl/α,β-unsaturated/α-hetero) is 1. The summed E-state index contributed by atoms with van der Waals surface area (Å²) < 4.78 is 7.11. The molecule has 3 rings (SSSR count). The Morgan fingerprint density at radius 1 is 1.37 bits per heavy atom. The minimum atomic E-state index is -0.225. The second-order valence-corrected chi connectivity index (χ2v) is 4.96. The summed E-state index contributed by atoms with van der Waals surface area (Å²) in [5.74, 6) is 0.935. The van der Waals surface area contributed by atoms with E-state index in [2.05, 4.69) is 15.1 Å². The van der Waals surface area contributed by atoms with Gasteiger partial charge >= 0.3 is 0 Å². The van der Waals surface area contributed by atoms with Crippen LogP contribution in [0.25, 0.3) is 11.5 Å². The van der Waals surface area contributed by atoms with Crippen LogP contribution in [0.5, 0.6) is 0 Å². The molecule has 0 spiro atoms. The average Bonchev–Trinajstić information content (AvgIpc) is 2.97. The quantitative estimate of drug-likeness (QED) is 0.773. The monoisotopic (exact) mass is 260 g/mol. The Balaban J connectivity index is 1.88. The van der Waals surface area contributed by atoms with Gasteiger partial charge in [-0.25, -0.2) is 4.98 Å². The van der Waals surface area contributed by atoms with Crippen molar-refractivity contribution in [3.05, 3.63) is 18.4 Å². The summed E-state index contributed by atoms with van der Waals surface area (Å²) in [6, 6.07) is 0. The number of hydrogen-bond donors (Lipinski definition) is 0. The van der Waals surface area contributed by atoms with E-state index in [0.717, 1.165) is 31.4 Å². The van der Waals surface area contributed by atoms with Crippen LogP contribution < -0.4 is 0 Å². The second kappa shape index (κ2) is 4.95. The van der Waals surface area contributed by atoms with Crippen LogP contribution in [0.15, 0.2) is 17.0 Å². The van der Waals surface area contributed by atoms with Crippen LogP contribution in [0, 0.1) is 0 Å². The minimum absolute atomic E-state index is 0.220. The topological polar surface area (TPSA) is 73.8 Å². The summed E-state index contributed by atoms with van der Waals surface area (Å²) in [5, 5.41) is 3.96. The molecule has 19 heavy (non-hydrogen) atoms. The second-order valence-electron chi connectivity index (χ2n) is 4.96. The summed E-state index contributed by atoms with van der Waals surface area (Å²) in [6.45, 7) is 0. The van der Waals surface area contributed by atoms with Gasteiger partial charge < -0.3 is 9.09 Å². The number of carbonyl (C=O) groups excluding carboxylic acids is 1. The average molecular weight is 260 g/mol. The number of ketones is 1. The predicted molar refractivity (Wildman–Crippen MR) is 67.3 cm³/mol. The van der Waals surface area contributed by atoms with E-state index in [-0.39, 0.29) is 11.7 Å². The molecule has 0 aliphatic heterocycles. The van der Waals surface area contributed by atoms with Gasteiger partial charge in [-0.1, -0.05) is 18.0 Å². The van der Waals surface area contributed by atoms with E-state index in [1.807, 2.05) is 11.6 Å². The summed E-state index contributed by atoms with van der Waals surface area (Å²) in [6.07, 6.45) is 7.91. The number of carbonyl (C=O) groups is 1. The molecule has 6 heteroatoms. The number of imidazole rings is 1. The van der Waals surface area contributed by atoms with Crippen molar-refractivity contribution in [2.24, 2.45) is 7.05 Å². The highest BCUT2D eigenvalue weighted by atomic mass is 16.5. The zero-order valence-electron chi connectivity index (χ0n) is 10.9. The van der Waals surface area contributed by atoms with Gasteiger partial charge in [-0.3, -0.25) is 4.79 Å². The van der Waals surface area contributed by atoms with E-state index in [1.54, 1.807) is 12.5 Å². The van der Waals surface area contributed by atoms with Crippen LogP contribution in [0.4, 0.5) is 0 Å². The Morgan fingerprint density at radius 2 is 2.26 bits per heavy atom. The van der Waals surface area contributed by atoms with E-state index in [4.69, 9.17) is 4.52 Å². The predicted octanol–water partition coefficient (Wildman–Crippen LogP) is 2.09. The molecule has 1 saturated carbocycles. The molecule has 0 radical (unpaired) electrons. The lowest BCUT2D eigenvalue weighted by Crippen LogP contribution is -2.10. The third-order valence-corrected chi connectivity index (χ3v) is 3.59.